The molecule has 2 amide bonds. The maximum atomic E-state index is 14.3. The number of fused-ring (bicyclic) bond motifs is 1. The highest BCUT2D eigenvalue weighted by atomic mass is 16.4. The third-order valence-electron chi connectivity index (χ3n) is 11.5. The maximum absolute atomic E-state index is 14.3. The van der Waals surface area contributed by atoms with Crippen molar-refractivity contribution in [2.45, 2.75) is 66.2 Å². The number of hydrogen-bond acceptors (Lipinski definition) is 4. The van der Waals surface area contributed by atoms with Gasteiger partial charge in [-0.05, 0) is 92.4 Å². The first kappa shape index (κ1) is 25.3. The summed E-state index contributed by atoms with van der Waals surface area (Å²) in [4.78, 5) is 53.5. The number of anilines is 1. The highest BCUT2D eigenvalue weighted by molar-refractivity contribution is 6.23. The Morgan fingerprint density at radius 2 is 1.66 bits per heavy atom. The van der Waals surface area contributed by atoms with Crippen LogP contribution in [0, 0.1) is 51.8 Å². The number of carbonyl (C=O) groups is 4. The van der Waals surface area contributed by atoms with E-state index in [4.69, 9.17) is 0 Å². The van der Waals surface area contributed by atoms with Crippen molar-refractivity contribution >= 4 is 29.4 Å². The van der Waals surface area contributed by atoms with E-state index < -0.39 is 34.6 Å². The summed E-state index contributed by atoms with van der Waals surface area (Å²) in [5.74, 6) is -2.62. The molecule has 7 rings (SSSR count). The molecule has 3 saturated carbocycles. The third kappa shape index (κ3) is 3.02. The molecule has 2 bridgehead atoms. The Balaban J connectivity index is 1.46. The van der Waals surface area contributed by atoms with Crippen molar-refractivity contribution in [3.05, 3.63) is 41.5 Å². The van der Waals surface area contributed by atoms with E-state index in [1.54, 1.807) is 12.1 Å². The summed E-state index contributed by atoms with van der Waals surface area (Å²) in [6.07, 6.45) is 7.13. The molecule has 1 aliphatic heterocycles. The largest absolute Gasteiger partial charge is 0.481 e. The van der Waals surface area contributed by atoms with Crippen molar-refractivity contribution in [1.29, 1.82) is 0 Å². The van der Waals surface area contributed by atoms with E-state index in [0.29, 0.717) is 12.1 Å². The van der Waals surface area contributed by atoms with Crippen LogP contribution in [0.2, 0.25) is 0 Å². The number of rotatable bonds is 4. The van der Waals surface area contributed by atoms with E-state index >= 15 is 0 Å². The molecule has 7 heteroatoms. The number of carboxylic acids is 2. The Kier molecular flexibility index (Phi) is 5.35. The van der Waals surface area contributed by atoms with Gasteiger partial charge in [0.1, 0.15) is 0 Å². The van der Waals surface area contributed by atoms with Crippen LogP contribution >= 0.6 is 0 Å². The number of amides is 2. The second-order valence-corrected chi connectivity index (χ2v) is 13.3. The molecule has 1 aromatic carbocycles. The summed E-state index contributed by atoms with van der Waals surface area (Å²) in [5.41, 5.74) is 0.343. The molecular weight excluding hydrogens is 482 g/mol. The number of carboxylic acid groups (broad SMARTS) is 2. The first-order valence-corrected chi connectivity index (χ1v) is 14.0. The Labute approximate surface area is 223 Å². The normalized spacial score (nSPS) is 41.4. The summed E-state index contributed by atoms with van der Waals surface area (Å²) in [6, 6.07) is 5.99. The molecule has 5 aliphatic carbocycles. The van der Waals surface area contributed by atoms with Gasteiger partial charge in [0.15, 0.2) is 0 Å². The maximum Gasteiger partial charge on any atom is 0.335 e. The SMILES string of the molecule is CC(C)C1=C[C@@]23CC[C@@H]4[C@@](C)(CCC[C@]4(C)C(=O)O)[C@@H]2C[C@@H]1[C@@H]1C(=O)N(c2ccc(C(=O)O)cc2)C(=O)[C@@H]13. The van der Waals surface area contributed by atoms with Crippen molar-refractivity contribution in [2.24, 2.45) is 51.8 Å². The lowest BCUT2D eigenvalue weighted by Gasteiger charge is -2.68. The number of allylic oxidation sites excluding steroid dienone is 2. The first-order chi connectivity index (χ1) is 17.9. The van der Waals surface area contributed by atoms with Gasteiger partial charge in [-0.2, -0.15) is 0 Å². The Bertz CT molecular complexity index is 1280. The van der Waals surface area contributed by atoms with Crippen LogP contribution in [0.1, 0.15) is 76.6 Å². The van der Waals surface area contributed by atoms with Gasteiger partial charge in [0.05, 0.1) is 28.5 Å². The molecule has 6 aliphatic rings. The molecule has 1 spiro atoms. The quantitative estimate of drug-likeness (QED) is 0.407. The zero-order valence-corrected chi connectivity index (χ0v) is 22.6. The fourth-order valence-corrected chi connectivity index (χ4v) is 9.97. The average Bonchev–Trinajstić information content (AvgIpc) is 3.15. The van der Waals surface area contributed by atoms with Crippen LogP contribution in [0.4, 0.5) is 5.69 Å². The van der Waals surface area contributed by atoms with E-state index in [9.17, 15) is 29.4 Å². The van der Waals surface area contributed by atoms with Crippen LogP contribution in [0.25, 0.3) is 0 Å². The number of benzene rings is 1. The molecule has 1 aromatic rings. The third-order valence-corrected chi connectivity index (χ3v) is 11.5. The standard InChI is InChI=1S/C31H37NO6/c1-16(2)20-15-31-13-10-21-29(3,11-5-12-30(21,4)28(37)38)22(31)14-19(20)23-24(31)26(34)32(25(23)33)18-8-6-17(7-9-18)27(35)36/h6-9,15-16,19,21-24H,5,10-14H2,1-4H3,(H,35,36)(H,37,38)/t19-,21+,22-,23-,24+,29+,30-,31-/m0/s1. The summed E-state index contributed by atoms with van der Waals surface area (Å²) in [6.45, 7) is 8.51. The van der Waals surface area contributed by atoms with Crippen molar-refractivity contribution in [2.75, 3.05) is 4.90 Å². The molecule has 0 radical (unpaired) electrons. The van der Waals surface area contributed by atoms with Crippen LogP contribution in [-0.4, -0.2) is 34.0 Å². The number of hydrogen-bond donors (Lipinski definition) is 2. The number of aromatic carboxylic acids is 1. The van der Waals surface area contributed by atoms with E-state index in [1.807, 2.05) is 6.92 Å². The summed E-state index contributed by atoms with van der Waals surface area (Å²) in [5, 5.41) is 19.6. The van der Waals surface area contributed by atoms with E-state index in [1.165, 1.54) is 22.6 Å². The predicted molar refractivity (Wildman–Crippen MR) is 140 cm³/mol. The van der Waals surface area contributed by atoms with Crippen molar-refractivity contribution in [3.63, 3.8) is 0 Å². The van der Waals surface area contributed by atoms with E-state index in [0.717, 1.165) is 32.1 Å². The lowest BCUT2D eigenvalue weighted by Crippen LogP contribution is -2.65. The van der Waals surface area contributed by atoms with Gasteiger partial charge >= 0.3 is 11.9 Å². The van der Waals surface area contributed by atoms with Gasteiger partial charge in [-0.25, -0.2) is 4.79 Å². The molecule has 4 fully saturated rings. The van der Waals surface area contributed by atoms with Crippen LogP contribution in [-0.2, 0) is 14.4 Å². The molecule has 38 heavy (non-hydrogen) atoms. The Hall–Kier alpha value is -2.96. The molecule has 0 aromatic heterocycles. The van der Waals surface area contributed by atoms with E-state index in [2.05, 4.69) is 26.8 Å². The van der Waals surface area contributed by atoms with Crippen molar-refractivity contribution in [3.8, 4) is 0 Å². The molecule has 1 heterocycles. The second-order valence-electron chi connectivity index (χ2n) is 13.3. The van der Waals surface area contributed by atoms with Crippen LogP contribution in [0.3, 0.4) is 0 Å². The Morgan fingerprint density at radius 1 is 0.974 bits per heavy atom. The van der Waals surface area contributed by atoms with Gasteiger partial charge in [0, 0.05) is 5.41 Å². The number of aliphatic carboxylic acids is 1. The fourth-order valence-electron chi connectivity index (χ4n) is 9.97. The van der Waals surface area contributed by atoms with Gasteiger partial charge in [0.25, 0.3) is 0 Å². The lowest BCUT2D eigenvalue weighted by atomic mass is 9.34. The molecule has 202 valence electrons. The Morgan fingerprint density at radius 3 is 2.26 bits per heavy atom. The first-order valence-electron chi connectivity index (χ1n) is 14.0. The average molecular weight is 520 g/mol. The summed E-state index contributed by atoms with van der Waals surface area (Å²) >= 11 is 0. The highest BCUT2D eigenvalue weighted by Crippen LogP contribution is 2.74. The van der Waals surface area contributed by atoms with Crippen molar-refractivity contribution < 1.29 is 29.4 Å². The fraction of sp³-hybridized carbons (Fsp3) is 0.613. The predicted octanol–water partition coefficient (Wildman–Crippen LogP) is 5.40. The highest BCUT2D eigenvalue weighted by Gasteiger charge is 2.73. The van der Waals surface area contributed by atoms with Crippen LogP contribution in [0.15, 0.2) is 35.9 Å². The summed E-state index contributed by atoms with van der Waals surface area (Å²) < 4.78 is 0. The minimum Gasteiger partial charge on any atom is -0.481 e. The van der Waals surface area contributed by atoms with Crippen molar-refractivity contribution in [1.82, 2.24) is 0 Å². The van der Waals surface area contributed by atoms with Gasteiger partial charge in [-0.3, -0.25) is 19.3 Å². The minimum atomic E-state index is -1.05. The molecule has 0 unspecified atom stereocenters. The smallest absolute Gasteiger partial charge is 0.335 e. The molecular formula is C31H37NO6. The monoisotopic (exact) mass is 519 g/mol. The number of imide groups is 1. The van der Waals surface area contributed by atoms with Crippen LogP contribution in [0.5, 0.6) is 0 Å². The molecule has 8 atom stereocenters. The van der Waals surface area contributed by atoms with Gasteiger partial charge in [-0.15, -0.1) is 0 Å². The minimum absolute atomic E-state index is 0.0393. The number of nitrogens with zero attached hydrogens (tertiary/aromatic N) is 1. The molecule has 2 N–H and O–H groups in total. The lowest BCUT2D eigenvalue weighted by molar-refractivity contribution is -0.194. The van der Waals surface area contributed by atoms with E-state index in [-0.39, 0.29) is 46.5 Å². The zero-order chi connectivity index (χ0) is 27.4. The van der Waals surface area contributed by atoms with Gasteiger partial charge < -0.3 is 10.2 Å². The van der Waals surface area contributed by atoms with Gasteiger partial charge in [-0.1, -0.05) is 38.8 Å². The molecule has 1 saturated heterocycles. The number of carbonyl (C=O) groups excluding carboxylic acids is 2. The topological polar surface area (TPSA) is 112 Å². The zero-order valence-electron chi connectivity index (χ0n) is 22.6. The second kappa shape index (κ2) is 8.03. The van der Waals surface area contributed by atoms with Gasteiger partial charge in [0.2, 0.25) is 11.8 Å². The summed E-state index contributed by atoms with van der Waals surface area (Å²) in [7, 11) is 0. The van der Waals surface area contributed by atoms with Crippen LogP contribution < -0.4 is 4.90 Å². The molecule has 7 nitrogen and oxygen atoms in total.